The lowest BCUT2D eigenvalue weighted by Gasteiger charge is -2.42. The summed E-state index contributed by atoms with van der Waals surface area (Å²) in [7, 11) is 0.924. The zero-order chi connectivity index (χ0) is 48.6. The number of fused-ring (bicyclic) bond motifs is 4. The molecule has 0 aliphatic carbocycles. The van der Waals surface area contributed by atoms with Crippen molar-refractivity contribution >= 4 is 37.8 Å². The molecule has 4 N–H and O–H groups in total. The Morgan fingerprint density at radius 2 is 1.71 bits per heavy atom. The number of oxazole rings is 2. The first-order chi connectivity index (χ1) is 30.5. The van der Waals surface area contributed by atoms with Crippen molar-refractivity contribution in [2.24, 2.45) is 23.7 Å². The molecule has 1 aliphatic rings. The van der Waals surface area contributed by atoms with Crippen LogP contribution in [0, 0.1) is 23.7 Å². The number of aromatic nitrogens is 2. The van der Waals surface area contributed by atoms with Gasteiger partial charge in [0.15, 0.2) is 14.0 Å². The number of nitrogens with one attached hydrogen (secondary N) is 1. The summed E-state index contributed by atoms with van der Waals surface area (Å²) in [4.78, 5) is 62.2. The summed E-state index contributed by atoms with van der Waals surface area (Å²) in [5.74, 6) is -2.21. The van der Waals surface area contributed by atoms with Crippen LogP contribution >= 0.6 is 0 Å². The summed E-state index contributed by atoms with van der Waals surface area (Å²) in [6.07, 6.45) is 5.58. The summed E-state index contributed by atoms with van der Waals surface area (Å²) in [6.45, 7) is 20.1. The number of ketones is 2. The minimum atomic E-state index is -2.23. The Balaban J connectivity index is 1.83. The van der Waals surface area contributed by atoms with Crippen molar-refractivity contribution in [2.75, 3.05) is 27.4 Å². The van der Waals surface area contributed by atoms with E-state index in [1.807, 2.05) is 34.6 Å². The quantitative estimate of drug-likeness (QED) is 0.0942. The Hall–Kier alpha value is -3.58. The van der Waals surface area contributed by atoms with Gasteiger partial charge in [0.1, 0.15) is 36.2 Å². The number of hydrogen-bond donors (Lipinski definition) is 4. The van der Waals surface area contributed by atoms with Gasteiger partial charge in [0, 0.05) is 64.3 Å². The summed E-state index contributed by atoms with van der Waals surface area (Å²) >= 11 is 0. The van der Waals surface area contributed by atoms with E-state index in [0.29, 0.717) is 31.4 Å². The first-order valence-corrected chi connectivity index (χ1v) is 26.2. The zero-order valence-electron chi connectivity index (χ0n) is 41.0. The largest absolute Gasteiger partial charge is 0.462 e. The highest BCUT2D eigenvalue weighted by atomic mass is 28.4. The second-order valence-corrected chi connectivity index (χ2v) is 24.5. The molecule has 0 saturated carbocycles. The molecule has 1 amide bonds. The maximum atomic E-state index is 13.9. The maximum absolute atomic E-state index is 13.9. The normalized spacial score (nSPS) is 25.6. The second-order valence-electron chi connectivity index (χ2n) is 19.7. The number of hydrogen-bond acceptors (Lipinski definition) is 15. The van der Waals surface area contributed by atoms with Gasteiger partial charge < -0.3 is 48.1 Å². The number of ether oxygens (including phenoxy) is 3. The zero-order valence-corrected chi connectivity index (χ0v) is 42.0. The van der Waals surface area contributed by atoms with Crippen LogP contribution in [-0.4, -0.2) is 115 Å². The Morgan fingerprint density at radius 3 is 2.34 bits per heavy atom. The third-order valence-corrected chi connectivity index (χ3v) is 18.0. The number of carbonyl (C=O) groups excluding carboxylic acids is 4. The molecule has 3 rings (SSSR count). The maximum Gasteiger partial charge on any atom is 0.308 e. The fourth-order valence-corrected chi connectivity index (χ4v) is 9.43. The van der Waals surface area contributed by atoms with E-state index < -0.39 is 57.3 Å². The van der Waals surface area contributed by atoms with E-state index >= 15 is 0 Å². The number of cyclic esters (lactones) is 1. The lowest BCUT2D eigenvalue weighted by atomic mass is 9.84. The first-order valence-electron chi connectivity index (χ1n) is 23.3. The molecule has 0 saturated heterocycles. The van der Waals surface area contributed by atoms with Crippen LogP contribution < -0.4 is 5.32 Å². The summed E-state index contributed by atoms with van der Waals surface area (Å²) in [5, 5.41) is 33.4. The molecule has 0 fully saturated rings. The predicted octanol–water partition coefficient (Wildman–Crippen LogP) is 7.53. The lowest BCUT2D eigenvalue weighted by molar-refractivity contribution is -0.159. The monoisotopic (exact) mass is 934 g/mol. The number of amides is 1. The van der Waals surface area contributed by atoms with E-state index in [4.69, 9.17) is 27.5 Å². The molecular formula is C48H79N3O13Si. The minimum absolute atomic E-state index is 0.0115. The third-order valence-electron chi connectivity index (χ3n) is 13.5. The fourth-order valence-electron chi connectivity index (χ4n) is 7.96. The smallest absolute Gasteiger partial charge is 0.308 e. The average molecular weight is 934 g/mol. The van der Waals surface area contributed by atoms with Crippen molar-refractivity contribution in [1.29, 1.82) is 0 Å². The van der Waals surface area contributed by atoms with Crippen molar-refractivity contribution < 1.29 is 62.0 Å². The Kier molecular flexibility index (Phi) is 22.4. The van der Waals surface area contributed by atoms with Crippen LogP contribution in [0.5, 0.6) is 0 Å². The van der Waals surface area contributed by atoms with Gasteiger partial charge in [-0.2, -0.15) is 0 Å². The molecule has 0 radical (unpaired) electrons. The highest BCUT2D eigenvalue weighted by molar-refractivity contribution is 6.74. The number of nitrogens with zero attached hydrogens (tertiary/aromatic N) is 2. The number of aliphatic hydroxyl groups is 3. The van der Waals surface area contributed by atoms with Crippen molar-refractivity contribution in [2.45, 2.75) is 180 Å². The van der Waals surface area contributed by atoms with Crippen molar-refractivity contribution in [3.05, 3.63) is 41.8 Å². The number of methoxy groups -OCH3 is 2. The van der Waals surface area contributed by atoms with Gasteiger partial charge in [0.2, 0.25) is 11.8 Å². The van der Waals surface area contributed by atoms with Crippen LogP contribution in [0.15, 0.2) is 27.4 Å². The van der Waals surface area contributed by atoms with Gasteiger partial charge in [0.05, 0.1) is 43.1 Å². The Labute approximate surface area is 387 Å². The van der Waals surface area contributed by atoms with E-state index in [0.717, 1.165) is 0 Å². The van der Waals surface area contributed by atoms with Crippen LogP contribution in [0.25, 0.3) is 6.08 Å². The second kappa shape index (κ2) is 26.1. The average Bonchev–Trinajstić information content (AvgIpc) is 3.94. The van der Waals surface area contributed by atoms with Crippen molar-refractivity contribution in [3.8, 4) is 0 Å². The molecule has 4 bridgehead atoms. The van der Waals surface area contributed by atoms with E-state index in [2.05, 4.69) is 49.1 Å². The topological polar surface area (TPSA) is 230 Å². The van der Waals surface area contributed by atoms with Crippen LogP contribution in [0.4, 0.5) is 0 Å². The molecular weight excluding hydrogens is 855 g/mol. The van der Waals surface area contributed by atoms with Gasteiger partial charge in [0.25, 0.3) is 5.91 Å². The molecule has 2 aromatic rings. The van der Waals surface area contributed by atoms with Crippen LogP contribution in [0.1, 0.15) is 160 Å². The summed E-state index contributed by atoms with van der Waals surface area (Å²) < 4.78 is 36.1. The molecule has 3 heterocycles. The lowest BCUT2D eigenvalue weighted by Crippen LogP contribution is -2.48. The Morgan fingerprint density at radius 1 is 1.00 bits per heavy atom. The molecule has 368 valence electrons. The van der Waals surface area contributed by atoms with Gasteiger partial charge in [-0.3, -0.25) is 19.2 Å². The molecule has 1 aliphatic heterocycles. The molecule has 16 nitrogen and oxygen atoms in total. The van der Waals surface area contributed by atoms with Crippen LogP contribution in [0.2, 0.25) is 18.1 Å². The van der Waals surface area contributed by atoms with Gasteiger partial charge in [-0.05, 0) is 68.1 Å². The molecule has 2 aromatic heterocycles. The van der Waals surface area contributed by atoms with E-state index in [-0.39, 0.29) is 115 Å². The number of rotatable bonds is 16. The highest BCUT2D eigenvalue weighted by Gasteiger charge is 2.43. The molecule has 0 aromatic carbocycles. The van der Waals surface area contributed by atoms with E-state index in [9.17, 15) is 34.5 Å². The third kappa shape index (κ3) is 16.9. The minimum Gasteiger partial charge on any atom is -0.462 e. The van der Waals surface area contributed by atoms with E-state index in [1.54, 1.807) is 26.4 Å². The standard InChI is InChI=1S/C48H79N3O13Si/c1-29(19-20-39(56)32(4)45(30(2)21-22-52)64-65(11,12)48(6,7)8)41(60-10)25-42-33(5)40(59-9)17-14-18-43-49-38(28-61-43)46(58)50-36(26-53)47-51-37(27-62-47)31(3)23-34(54)15-13-16-35(55)24-44(57)63-42/h14,18,27-33,35-36,40-42,45,52-53,55H,13,15-17,19-26H2,1-12H3,(H,50,58)/b18-14+/t29-,30+,31-,32-,33+,35-,36-,40-,41-,42?,45+/m0/s1. The molecule has 1 unspecified atom stereocenters. The summed E-state index contributed by atoms with van der Waals surface area (Å²) in [5.41, 5.74) is 0.451. The van der Waals surface area contributed by atoms with Crippen LogP contribution in [0.3, 0.4) is 0 Å². The fraction of sp³-hybridized carbons (Fsp3) is 0.750. The SMILES string of the molecule is CO[C@@H](CC1OC(=O)C[C@@H](O)CCCC(=O)C[C@H](C)c2coc(n2)[C@H](CO)NC(=O)c2coc(n2)/C=C/C[C@H](OC)[C@H]1C)[C@@H](C)CCC(=O)[C@H](C)[C@H](O[Si](C)(C)C(C)(C)C)[C@H](C)CCO. The number of aliphatic hydroxyl groups excluding tert-OH is 3. The summed E-state index contributed by atoms with van der Waals surface area (Å²) in [6, 6.07) is -0.975. The molecule has 0 spiro atoms. The van der Waals surface area contributed by atoms with Gasteiger partial charge in [-0.1, -0.05) is 61.5 Å². The van der Waals surface area contributed by atoms with Crippen molar-refractivity contribution in [3.63, 3.8) is 0 Å². The van der Waals surface area contributed by atoms with Gasteiger partial charge >= 0.3 is 5.97 Å². The molecule has 65 heavy (non-hydrogen) atoms. The van der Waals surface area contributed by atoms with Crippen LogP contribution in [-0.2, 0) is 33.0 Å². The predicted molar refractivity (Wildman–Crippen MR) is 247 cm³/mol. The Bertz CT molecular complexity index is 1820. The van der Waals surface area contributed by atoms with Crippen molar-refractivity contribution in [1.82, 2.24) is 15.3 Å². The number of esters is 1. The highest BCUT2D eigenvalue weighted by Crippen LogP contribution is 2.40. The van der Waals surface area contributed by atoms with E-state index in [1.165, 1.54) is 12.5 Å². The number of carbonyl (C=O) groups is 4. The number of Topliss-reactive ketones (excluding diaryl/α,β-unsaturated/α-hetero) is 2. The first kappa shape index (κ1) is 55.7. The van der Waals surface area contributed by atoms with Gasteiger partial charge in [-0.25, -0.2) is 9.97 Å². The van der Waals surface area contributed by atoms with Gasteiger partial charge in [-0.15, -0.1) is 0 Å². The molecule has 17 heteroatoms. The molecule has 11 atom stereocenters.